The fourth-order valence-corrected chi connectivity index (χ4v) is 3.36. The monoisotopic (exact) mass is 370 g/mol. The number of aromatic nitrogens is 2. The van der Waals surface area contributed by atoms with E-state index in [1.54, 1.807) is 31.3 Å². The van der Waals surface area contributed by atoms with Gasteiger partial charge in [-0.15, -0.1) is 0 Å². The highest BCUT2D eigenvalue weighted by molar-refractivity contribution is 9.10. The molecule has 0 fully saturated rings. The van der Waals surface area contributed by atoms with Crippen LogP contribution in [0.4, 0.5) is 11.6 Å². The van der Waals surface area contributed by atoms with Crippen LogP contribution in [0.25, 0.3) is 0 Å². The smallest absolute Gasteiger partial charge is 0.266 e. The third-order valence-corrected chi connectivity index (χ3v) is 4.38. The van der Waals surface area contributed by atoms with Gasteiger partial charge in [-0.25, -0.2) is 18.4 Å². The third-order valence-electron chi connectivity index (χ3n) is 2.58. The second-order valence-corrected chi connectivity index (χ2v) is 6.87. The summed E-state index contributed by atoms with van der Waals surface area (Å²) in [5.41, 5.74) is 0.731. The summed E-state index contributed by atoms with van der Waals surface area (Å²) in [6.45, 7) is 4.23. The van der Waals surface area contributed by atoms with Crippen LogP contribution in [0.3, 0.4) is 0 Å². The average molecular weight is 371 g/mol. The van der Waals surface area contributed by atoms with Gasteiger partial charge in [-0.1, -0.05) is 6.07 Å². The fourth-order valence-electron chi connectivity index (χ4n) is 1.72. The SMILES string of the molecule is CCNc1ncc(Br)cc1S(=O)(=O)Nc1cccc(C)n1. The molecular weight excluding hydrogens is 356 g/mol. The number of rotatable bonds is 5. The van der Waals surface area contributed by atoms with E-state index in [2.05, 4.69) is 35.9 Å². The third kappa shape index (κ3) is 3.92. The van der Waals surface area contributed by atoms with Gasteiger partial charge in [0, 0.05) is 22.9 Å². The maximum atomic E-state index is 12.5. The van der Waals surface area contributed by atoms with Crippen LogP contribution in [0, 0.1) is 6.92 Å². The Kier molecular flexibility index (Phi) is 4.79. The molecule has 0 aromatic carbocycles. The molecule has 21 heavy (non-hydrogen) atoms. The minimum atomic E-state index is -3.77. The molecule has 0 amide bonds. The summed E-state index contributed by atoms with van der Waals surface area (Å²) in [7, 11) is -3.77. The maximum Gasteiger partial charge on any atom is 0.266 e. The van der Waals surface area contributed by atoms with Crippen molar-refractivity contribution in [1.29, 1.82) is 0 Å². The van der Waals surface area contributed by atoms with E-state index in [0.717, 1.165) is 5.69 Å². The van der Waals surface area contributed by atoms with Gasteiger partial charge in [-0.05, 0) is 48.0 Å². The topological polar surface area (TPSA) is 84.0 Å². The molecular formula is C13H15BrN4O2S. The van der Waals surface area contributed by atoms with E-state index in [1.807, 2.05) is 6.92 Å². The lowest BCUT2D eigenvalue weighted by Crippen LogP contribution is -2.17. The Hall–Kier alpha value is -1.67. The maximum absolute atomic E-state index is 12.5. The number of aryl methyl sites for hydroxylation is 1. The molecule has 6 nitrogen and oxygen atoms in total. The van der Waals surface area contributed by atoms with Gasteiger partial charge in [0.2, 0.25) is 0 Å². The molecule has 0 aliphatic rings. The molecule has 0 unspecified atom stereocenters. The van der Waals surface area contributed by atoms with Gasteiger partial charge in [0.1, 0.15) is 16.5 Å². The first-order chi connectivity index (χ1) is 9.92. The number of halogens is 1. The highest BCUT2D eigenvalue weighted by Crippen LogP contribution is 2.24. The molecule has 0 aliphatic carbocycles. The summed E-state index contributed by atoms with van der Waals surface area (Å²) >= 11 is 3.24. The molecule has 2 aromatic heterocycles. The standard InChI is InChI=1S/C13H15BrN4O2S/c1-3-15-13-11(7-10(14)8-16-13)21(19,20)18-12-6-4-5-9(2)17-12/h4-8H,3H2,1-2H3,(H,15,16)(H,17,18). The highest BCUT2D eigenvalue weighted by atomic mass is 79.9. The van der Waals surface area contributed by atoms with Gasteiger partial charge in [0.25, 0.3) is 10.0 Å². The van der Waals surface area contributed by atoms with E-state index >= 15 is 0 Å². The van der Waals surface area contributed by atoms with Gasteiger partial charge in [-0.3, -0.25) is 4.72 Å². The first-order valence-corrected chi connectivity index (χ1v) is 8.56. The molecule has 2 aromatic rings. The number of nitrogens with zero attached hydrogens (tertiary/aromatic N) is 2. The van der Waals surface area contributed by atoms with Crippen LogP contribution in [-0.2, 0) is 10.0 Å². The normalized spacial score (nSPS) is 11.2. The Balaban J connectivity index is 2.41. The molecule has 112 valence electrons. The zero-order chi connectivity index (χ0) is 15.5. The predicted octanol–water partition coefficient (Wildman–Crippen LogP) is 2.78. The van der Waals surface area contributed by atoms with Gasteiger partial charge < -0.3 is 5.32 Å². The van der Waals surface area contributed by atoms with Crippen molar-refractivity contribution in [2.24, 2.45) is 0 Å². The summed E-state index contributed by atoms with van der Waals surface area (Å²) in [6, 6.07) is 6.64. The van der Waals surface area contributed by atoms with Crippen LogP contribution < -0.4 is 10.0 Å². The van der Waals surface area contributed by atoms with Crippen LogP contribution in [-0.4, -0.2) is 24.9 Å². The van der Waals surface area contributed by atoms with Gasteiger partial charge >= 0.3 is 0 Å². The van der Waals surface area contributed by atoms with Crippen molar-refractivity contribution in [3.05, 3.63) is 40.6 Å². The van der Waals surface area contributed by atoms with Crippen molar-refractivity contribution >= 4 is 37.6 Å². The first-order valence-electron chi connectivity index (χ1n) is 6.28. The Morgan fingerprint density at radius 1 is 1.33 bits per heavy atom. The van der Waals surface area contributed by atoms with Crippen LogP contribution >= 0.6 is 15.9 Å². The number of anilines is 2. The minimum Gasteiger partial charge on any atom is -0.369 e. The quantitative estimate of drug-likeness (QED) is 0.845. The van der Waals surface area contributed by atoms with Crippen LogP contribution in [0.1, 0.15) is 12.6 Å². The zero-order valence-corrected chi connectivity index (χ0v) is 14.0. The van der Waals surface area contributed by atoms with E-state index in [-0.39, 0.29) is 10.7 Å². The Morgan fingerprint density at radius 2 is 2.10 bits per heavy atom. The second kappa shape index (κ2) is 6.40. The summed E-state index contributed by atoms with van der Waals surface area (Å²) in [6.07, 6.45) is 1.54. The number of hydrogen-bond donors (Lipinski definition) is 2. The molecule has 2 rings (SSSR count). The van der Waals surface area contributed by atoms with E-state index in [1.165, 1.54) is 6.07 Å². The van der Waals surface area contributed by atoms with Crippen molar-refractivity contribution in [2.45, 2.75) is 18.7 Å². The Labute approximate surface area is 132 Å². The molecule has 0 saturated heterocycles. The predicted molar refractivity (Wildman–Crippen MR) is 85.9 cm³/mol. The molecule has 0 radical (unpaired) electrons. The Bertz CT molecular complexity index is 750. The number of sulfonamides is 1. The van der Waals surface area contributed by atoms with E-state index < -0.39 is 10.0 Å². The molecule has 8 heteroatoms. The average Bonchev–Trinajstić information content (AvgIpc) is 2.40. The lowest BCUT2D eigenvalue weighted by atomic mass is 10.4. The number of hydrogen-bond acceptors (Lipinski definition) is 5. The number of pyridine rings is 2. The fraction of sp³-hybridized carbons (Fsp3) is 0.231. The highest BCUT2D eigenvalue weighted by Gasteiger charge is 2.20. The second-order valence-electron chi connectivity index (χ2n) is 4.30. The van der Waals surface area contributed by atoms with Crippen molar-refractivity contribution in [3.8, 4) is 0 Å². The molecule has 0 aliphatic heterocycles. The summed E-state index contributed by atoms with van der Waals surface area (Å²) in [4.78, 5) is 8.31. The molecule has 0 saturated carbocycles. The van der Waals surface area contributed by atoms with Crippen LogP contribution in [0.2, 0.25) is 0 Å². The molecule has 0 bridgehead atoms. The van der Waals surface area contributed by atoms with E-state index in [4.69, 9.17) is 0 Å². The largest absolute Gasteiger partial charge is 0.369 e. The lowest BCUT2D eigenvalue weighted by molar-refractivity contribution is 0.601. The van der Waals surface area contributed by atoms with Crippen molar-refractivity contribution < 1.29 is 8.42 Å². The lowest BCUT2D eigenvalue weighted by Gasteiger charge is -2.12. The summed E-state index contributed by atoms with van der Waals surface area (Å²) in [5, 5.41) is 2.94. The summed E-state index contributed by atoms with van der Waals surface area (Å²) in [5.74, 6) is 0.582. The molecule has 0 spiro atoms. The molecule has 0 atom stereocenters. The first kappa shape index (κ1) is 15.7. The van der Waals surface area contributed by atoms with Crippen molar-refractivity contribution in [3.63, 3.8) is 0 Å². The number of nitrogens with one attached hydrogen (secondary N) is 2. The summed E-state index contributed by atoms with van der Waals surface area (Å²) < 4.78 is 28.1. The van der Waals surface area contributed by atoms with Gasteiger partial charge in [-0.2, -0.15) is 0 Å². The van der Waals surface area contributed by atoms with Crippen molar-refractivity contribution in [1.82, 2.24) is 9.97 Å². The van der Waals surface area contributed by atoms with Crippen LogP contribution in [0.15, 0.2) is 39.8 Å². The van der Waals surface area contributed by atoms with Gasteiger partial charge in [0.15, 0.2) is 0 Å². The van der Waals surface area contributed by atoms with E-state index in [0.29, 0.717) is 16.8 Å². The van der Waals surface area contributed by atoms with E-state index in [9.17, 15) is 8.42 Å². The zero-order valence-electron chi connectivity index (χ0n) is 11.6. The molecule has 2 heterocycles. The van der Waals surface area contributed by atoms with Gasteiger partial charge in [0.05, 0.1) is 0 Å². The van der Waals surface area contributed by atoms with Crippen molar-refractivity contribution in [2.75, 3.05) is 16.6 Å². The van der Waals surface area contributed by atoms with Crippen LogP contribution in [0.5, 0.6) is 0 Å². The minimum absolute atomic E-state index is 0.0713. The Morgan fingerprint density at radius 3 is 2.76 bits per heavy atom. The molecule has 2 N–H and O–H groups in total.